The van der Waals surface area contributed by atoms with Gasteiger partial charge >= 0.3 is 35.8 Å². The molecule has 1 fully saturated rings. The number of cyclic esters (lactones) is 2. The molecule has 0 aromatic carbocycles. The van der Waals surface area contributed by atoms with Gasteiger partial charge in [0.05, 0.1) is 52.1 Å². The Hall–Kier alpha value is -3.10. The van der Waals surface area contributed by atoms with E-state index in [0.29, 0.717) is 6.61 Å². The third-order valence-electron chi connectivity index (χ3n) is 12.3. The van der Waals surface area contributed by atoms with Crippen LogP contribution in [0.2, 0.25) is 0 Å². The lowest BCUT2D eigenvalue weighted by molar-refractivity contribution is -0.171. The molecule has 14 nitrogen and oxygen atoms in total. The maximum Gasteiger partial charge on any atom is 0.340 e. The van der Waals surface area contributed by atoms with Gasteiger partial charge in [-0.3, -0.25) is 24.0 Å². The first-order valence-electron chi connectivity index (χ1n) is 27.0. The Morgan fingerprint density at radius 3 is 1.06 bits per heavy atom. The van der Waals surface area contributed by atoms with E-state index in [4.69, 9.17) is 24.1 Å². The van der Waals surface area contributed by atoms with Crippen LogP contribution in [0.4, 0.5) is 0 Å². The minimum atomic E-state index is -1.34. The summed E-state index contributed by atoms with van der Waals surface area (Å²) in [5.41, 5.74) is -2.57. The first kappa shape index (κ1) is 73.4. The maximum atomic E-state index is 12.3. The van der Waals surface area contributed by atoms with Crippen molar-refractivity contribution >= 4 is 35.8 Å². The maximum absolute atomic E-state index is 12.3. The summed E-state index contributed by atoms with van der Waals surface area (Å²) in [6.45, 7) is 7.02. The largest absolute Gasteiger partial charge is 0.481 e. The summed E-state index contributed by atoms with van der Waals surface area (Å²) in [6.07, 6.45) is 41.5. The third-order valence-corrected chi connectivity index (χ3v) is 12.3. The normalized spacial score (nSPS) is 13.4. The van der Waals surface area contributed by atoms with Gasteiger partial charge in [-0.1, -0.05) is 221 Å². The molecule has 2 atom stereocenters. The first-order chi connectivity index (χ1) is 32.7. The third kappa shape index (κ3) is 46.0. The Kier molecular flexibility index (Phi) is 54.8. The fourth-order valence-electron chi connectivity index (χ4n) is 7.29. The Labute approximate surface area is 427 Å². The van der Waals surface area contributed by atoms with Crippen LogP contribution in [0.15, 0.2) is 0 Å². The van der Waals surface area contributed by atoms with Gasteiger partial charge in [0.1, 0.15) is 12.0 Å². The zero-order chi connectivity index (χ0) is 51.0. The summed E-state index contributed by atoms with van der Waals surface area (Å²) in [4.78, 5) is 66.1. The Balaban J connectivity index is -0.000000539. The van der Waals surface area contributed by atoms with Gasteiger partial charge in [-0.2, -0.15) is 0 Å². The fourth-order valence-corrected chi connectivity index (χ4v) is 7.29. The summed E-state index contributed by atoms with van der Waals surface area (Å²) in [6, 6.07) is 0. The van der Waals surface area contributed by atoms with Gasteiger partial charge in [-0.25, -0.2) is 4.79 Å². The quantitative estimate of drug-likeness (QED) is 0.0225. The number of unbranched alkanes of at least 4 members (excludes halogenated alkanes) is 30. The van der Waals surface area contributed by atoms with Crippen molar-refractivity contribution in [3.05, 3.63) is 0 Å². The van der Waals surface area contributed by atoms with E-state index in [1.807, 2.05) is 0 Å². The van der Waals surface area contributed by atoms with Crippen molar-refractivity contribution in [2.45, 2.75) is 279 Å². The van der Waals surface area contributed by atoms with Crippen LogP contribution in [0.3, 0.4) is 0 Å². The molecule has 0 aromatic rings. The molecule has 2 unspecified atom stereocenters. The van der Waals surface area contributed by atoms with E-state index in [-0.39, 0.29) is 60.4 Å². The highest BCUT2D eigenvalue weighted by molar-refractivity contribution is 5.92. The van der Waals surface area contributed by atoms with E-state index in [1.54, 1.807) is 6.92 Å². The highest BCUT2D eigenvalue weighted by Gasteiger charge is 2.36. The van der Waals surface area contributed by atoms with E-state index in [1.165, 1.54) is 187 Å². The molecule has 0 radical (unpaired) electrons. The summed E-state index contributed by atoms with van der Waals surface area (Å²) >= 11 is 0. The molecule has 416 valence electrons. The molecule has 1 saturated heterocycles. The van der Waals surface area contributed by atoms with Crippen LogP contribution in [0.25, 0.3) is 0 Å². The smallest absolute Gasteiger partial charge is 0.340 e. The lowest BCUT2D eigenvalue weighted by atomic mass is 9.93. The van der Waals surface area contributed by atoms with Crippen molar-refractivity contribution in [3.63, 3.8) is 0 Å². The van der Waals surface area contributed by atoms with Crippen molar-refractivity contribution < 1.29 is 67.8 Å². The molecule has 70 heavy (non-hydrogen) atoms. The van der Waals surface area contributed by atoms with Crippen LogP contribution in [0.5, 0.6) is 0 Å². The SMILES string of the molecule is C.C.CCCCCCCCCCCCCCCCCCOC(=O)C(C)(CO)COC(=O)CCC(=O)O.CCCCCCCCCCCCCCCCCCOC(=O)C(C)(CO)OC.O=C1CCC(=O)O1. The second-order valence-electron chi connectivity index (χ2n) is 19.1. The molecule has 1 aliphatic rings. The molecule has 3 N–H and O–H groups in total. The number of hydrogen-bond acceptors (Lipinski definition) is 13. The molecular formula is C56H108O14. The fraction of sp³-hybridized carbons (Fsp3) is 0.893. The average Bonchev–Trinajstić information content (AvgIpc) is 3.73. The number of aliphatic carboxylic acids is 1. The molecule has 14 heteroatoms. The van der Waals surface area contributed by atoms with Crippen LogP contribution in [-0.2, 0) is 52.5 Å². The Morgan fingerprint density at radius 2 is 0.800 bits per heavy atom. The number of rotatable bonds is 44. The number of hydrogen-bond donors (Lipinski definition) is 3. The highest BCUT2D eigenvalue weighted by atomic mass is 16.6. The first-order valence-corrected chi connectivity index (χ1v) is 27.0. The zero-order valence-corrected chi connectivity index (χ0v) is 43.8. The number of aliphatic hydroxyl groups is 2. The predicted molar refractivity (Wildman–Crippen MR) is 280 cm³/mol. The number of esters is 5. The van der Waals surface area contributed by atoms with Gasteiger partial charge in [0.15, 0.2) is 5.60 Å². The molecule has 1 heterocycles. The summed E-state index contributed by atoms with van der Waals surface area (Å²) in [7, 11) is 1.41. The van der Waals surface area contributed by atoms with Crippen molar-refractivity contribution in [2.24, 2.45) is 5.41 Å². The Bertz CT molecular complexity index is 1240. The number of carboxylic acid groups (broad SMARTS) is 1. The van der Waals surface area contributed by atoms with E-state index in [0.717, 1.165) is 32.1 Å². The second kappa shape index (κ2) is 52.2. The molecule has 1 rings (SSSR count). The van der Waals surface area contributed by atoms with E-state index in [9.17, 15) is 39.0 Å². The highest BCUT2D eigenvalue weighted by Crippen LogP contribution is 2.20. The van der Waals surface area contributed by atoms with Crippen molar-refractivity contribution in [1.29, 1.82) is 0 Å². The molecule has 0 aliphatic carbocycles. The summed E-state index contributed by atoms with van der Waals surface area (Å²) in [5.74, 6) is -3.70. The number of carboxylic acids is 1. The molecule has 0 amide bonds. The molecular weight excluding hydrogens is 897 g/mol. The van der Waals surface area contributed by atoms with Crippen LogP contribution in [0, 0.1) is 5.41 Å². The molecule has 0 bridgehead atoms. The van der Waals surface area contributed by atoms with E-state index >= 15 is 0 Å². The van der Waals surface area contributed by atoms with Gasteiger partial charge in [-0.15, -0.1) is 0 Å². The van der Waals surface area contributed by atoms with Crippen molar-refractivity contribution in [1.82, 2.24) is 0 Å². The van der Waals surface area contributed by atoms with E-state index in [2.05, 4.69) is 18.6 Å². The van der Waals surface area contributed by atoms with Gasteiger partial charge in [0.2, 0.25) is 0 Å². The summed E-state index contributed by atoms with van der Waals surface area (Å²) in [5, 5.41) is 27.3. The zero-order valence-electron chi connectivity index (χ0n) is 43.8. The minimum absolute atomic E-state index is 0. The number of aliphatic hydroxyl groups excluding tert-OH is 2. The van der Waals surface area contributed by atoms with Crippen LogP contribution >= 0.6 is 0 Å². The molecule has 1 aliphatic heterocycles. The van der Waals surface area contributed by atoms with Crippen LogP contribution in [-0.4, -0.2) is 96.9 Å². The van der Waals surface area contributed by atoms with Crippen molar-refractivity contribution in [2.75, 3.05) is 40.1 Å². The molecule has 0 spiro atoms. The standard InChI is InChI=1S/C27H50O7.C23H46O4.C4H4O3.2CH4/c1-3-4-5-6-7-8-9-10-11-12-13-14-15-16-17-18-21-33-26(32)27(2,22-28)23-34-25(31)20-19-24(29)30;1-4-5-6-7-8-9-10-11-12-13-14-15-16-17-18-19-20-27-22(25)23(2,21-24)26-3;5-3-1-2-4(6)7-3;;/h28H,3-23H2,1-2H3,(H,29,30);24H,4-21H2,1-3H3;1-2H2;2*1H4. The monoisotopic (exact) mass is 1000 g/mol. The number of methoxy groups -OCH3 is 1. The second-order valence-corrected chi connectivity index (χ2v) is 19.1. The van der Waals surface area contributed by atoms with E-state index < -0.39 is 53.4 Å². The van der Waals surface area contributed by atoms with Crippen molar-refractivity contribution in [3.8, 4) is 0 Å². The number of carbonyl (C=O) groups is 6. The Morgan fingerprint density at radius 1 is 0.486 bits per heavy atom. The average molecular weight is 1010 g/mol. The summed E-state index contributed by atoms with van der Waals surface area (Å²) < 4.78 is 24.5. The predicted octanol–water partition coefficient (Wildman–Crippen LogP) is 13.5. The van der Waals surface area contributed by atoms with Gasteiger partial charge in [0, 0.05) is 7.11 Å². The topological polar surface area (TPSA) is 209 Å². The van der Waals surface area contributed by atoms with Gasteiger partial charge in [-0.05, 0) is 26.7 Å². The number of ether oxygens (including phenoxy) is 5. The van der Waals surface area contributed by atoms with Gasteiger partial charge in [0.25, 0.3) is 0 Å². The number of carbonyl (C=O) groups excluding carboxylic acids is 5. The molecule has 0 saturated carbocycles. The van der Waals surface area contributed by atoms with Gasteiger partial charge < -0.3 is 39.0 Å². The minimum Gasteiger partial charge on any atom is -0.481 e. The lowest BCUT2D eigenvalue weighted by Gasteiger charge is -2.24. The molecule has 0 aromatic heterocycles. The van der Waals surface area contributed by atoms with Crippen LogP contribution in [0.1, 0.15) is 274 Å². The van der Waals surface area contributed by atoms with Crippen LogP contribution < -0.4 is 0 Å². The lowest BCUT2D eigenvalue weighted by Crippen LogP contribution is -2.42.